The molecule has 0 atom stereocenters. The molecule has 2 aliphatic carbocycles. The molecular weight excluding hydrogens is 735 g/mol. The minimum atomic E-state index is -0.240. The van der Waals surface area contributed by atoms with Crippen molar-refractivity contribution in [2.75, 3.05) is 0 Å². The van der Waals surface area contributed by atoms with Crippen LogP contribution >= 0.6 is 11.3 Å². The third-order valence-electron chi connectivity index (χ3n) is 13.7. The number of aromatic nitrogens is 1. The maximum Gasteiger partial charge on any atom is 0.193 e. The Bertz CT molecular complexity index is 3480. The maximum atomic E-state index is 13.8. The van der Waals surface area contributed by atoms with Crippen molar-refractivity contribution in [3.8, 4) is 39.1 Å². The summed E-state index contributed by atoms with van der Waals surface area (Å²) in [5, 5.41) is 5.04. The van der Waals surface area contributed by atoms with Gasteiger partial charge in [0.25, 0.3) is 0 Å². The molecule has 59 heavy (non-hydrogen) atoms. The average molecular weight is 776 g/mol. The summed E-state index contributed by atoms with van der Waals surface area (Å²) in [6.45, 7) is 11.3. The van der Waals surface area contributed by atoms with Crippen LogP contribution in [0.1, 0.15) is 71.4 Å². The molecule has 0 aliphatic heterocycles. The molecule has 0 unspecified atom stereocenters. The zero-order valence-electron chi connectivity index (χ0n) is 33.8. The Morgan fingerprint density at radius 1 is 0.424 bits per heavy atom. The summed E-state index contributed by atoms with van der Waals surface area (Å²) >= 11 is 1.85. The second kappa shape index (κ2) is 12.0. The number of benzene rings is 8. The van der Waals surface area contributed by atoms with Crippen molar-refractivity contribution >= 4 is 59.1 Å². The maximum absolute atomic E-state index is 13.8. The van der Waals surface area contributed by atoms with Gasteiger partial charge < -0.3 is 4.57 Å². The van der Waals surface area contributed by atoms with Crippen molar-refractivity contribution < 1.29 is 4.79 Å². The predicted molar refractivity (Wildman–Crippen MR) is 249 cm³/mol. The lowest BCUT2D eigenvalue weighted by Gasteiger charge is -2.34. The number of ketones is 1. The molecule has 2 heterocycles. The molecule has 0 bridgehead atoms. The van der Waals surface area contributed by atoms with Crippen molar-refractivity contribution in [1.82, 2.24) is 4.57 Å². The van der Waals surface area contributed by atoms with E-state index >= 15 is 0 Å². The molecule has 0 saturated carbocycles. The molecule has 0 fully saturated rings. The molecule has 12 rings (SSSR count). The van der Waals surface area contributed by atoms with Gasteiger partial charge in [0.1, 0.15) is 0 Å². The van der Waals surface area contributed by atoms with E-state index in [2.05, 4.69) is 179 Å². The van der Waals surface area contributed by atoms with Crippen LogP contribution in [-0.2, 0) is 10.8 Å². The fourth-order valence-electron chi connectivity index (χ4n) is 10.5. The number of nitrogens with zero attached hydrogens (tertiary/aromatic N) is 1. The number of carbonyl (C=O) groups is 1. The van der Waals surface area contributed by atoms with Crippen molar-refractivity contribution in [3.63, 3.8) is 0 Å². The van der Waals surface area contributed by atoms with Crippen LogP contribution in [0.15, 0.2) is 158 Å². The van der Waals surface area contributed by atoms with Crippen molar-refractivity contribution in [3.05, 3.63) is 197 Å². The topological polar surface area (TPSA) is 22.0 Å². The van der Waals surface area contributed by atoms with E-state index in [0.717, 1.165) is 33.4 Å². The van der Waals surface area contributed by atoms with E-state index in [9.17, 15) is 4.79 Å². The molecular formula is C56H41NOS. The Morgan fingerprint density at radius 2 is 1.00 bits per heavy atom. The van der Waals surface area contributed by atoms with Gasteiger partial charge in [-0.3, -0.25) is 4.79 Å². The van der Waals surface area contributed by atoms with Gasteiger partial charge in [-0.1, -0.05) is 137 Å². The fraction of sp³-hybridized carbons (Fsp3) is 0.125. The highest BCUT2D eigenvalue weighted by molar-refractivity contribution is 7.25. The van der Waals surface area contributed by atoms with Crippen LogP contribution in [-0.4, -0.2) is 10.4 Å². The highest BCUT2D eigenvalue weighted by Crippen LogP contribution is 2.50. The molecule has 0 N–H and O–H groups in total. The van der Waals surface area contributed by atoms with Crippen LogP contribution in [0.25, 0.3) is 81.0 Å². The van der Waals surface area contributed by atoms with Gasteiger partial charge in [0.05, 0.1) is 11.0 Å². The molecule has 10 aromatic rings. The van der Waals surface area contributed by atoms with Gasteiger partial charge >= 0.3 is 0 Å². The van der Waals surface area contributed by atoms with E-state index in [4.69, 9.17) is 0 Å². The predicted octanol–water partition coefficient (Wildman–Crippen LogP) is 15.0. The van der Waals surface area contributed by atoms with E-state index in [-0.39, 0.29) is 16.6 Å². The number of hydrogen-bond acceptors (Lipinski definition) is 2. The summed E-state index contributed by atoms with van der Waals surface area (Å²) in [5.41, 5.74) is 18.5. The summed E-state index contributed by atoms with van der Waals surface area (Å²) in [5.74, 6) is 0.113. The summed E-state index contributed by atoms with van der Waals surface area (Å²) in [6, 6.07) is 58.1. The van der Waals surface area contributed by atoms with Gasteiger partial charge in [-0.25, -0.2) is 0 Å². The first-order valence-corrected chi connectivity index (χ1v) is 21.4. The molecule has 282 valence electrons. The Morgan fingerprint density at radius 3 is 1.81 bits per heavy atom. The van der Waals surface area contributed by atoms with E-state index in [1.54, 1.807) is 0 Å². The van der Waals surface area contributed by atoms with Crippen LogP contribution < -0.4 is 0 Å². The first kappa shape index (κ1) is 34.5. The molecule has 0 radical (unpaired) electrons. The number of aryl methyl sites for hydroxylation is 1. The van der Waals surface area contributed by atoms with Gasteiger partial charge in [-0.05, 0) is 117 Å². The van der Waals surface area contributed by atoms with Crippen LogP contribution in [0.4, 0.5) is 0 Å². The average Bonchev–Trinajstić information content (AvgIpc) is 3.86. The summed E-state index contributed by atoms with van der Waals surface area (Å²) < 4.78 is 5.01. The number of thiophene rings is 1. The third-order valence-corrected chi connectivity index (χ3v) is 14.8. The normalized spacial score (nSPS) is 14.8. The number of carbonyl (C=O) groups excluding carboxylic acids is 1. The molecule has 2 nitrogen and oxygen atoms in total. The van der Waals surface area contributed by atoms with Crippen LogP contribution in [0.5, 0.6) is 0 Å². The lowest BCUT2D eigenvalue weighted by molar-refractivity contribution is 0.103. The second-order valence-electron chi connectivity index (χ2n) is 17.8. The number of rotatable bonds is 3. The van der Waals surface area contributed by atoms with Crippen molar-refractivity contribution in [2.24, 2.45) is 0 Å². The van der Waals surface area contributed by atoms with Gasteiger partial charge in [0.15, 0.2) is 5.78 Å². The SMILES string of the molecule is Cc1ccc2c3ccc(-c4ccc5c(c4)sc4ccc(-c6ccc7c(c6)C(=O)c6ccccc6C7(C)C)cc45)cc3n(-c3ccc4c(c3)C(C)(C)c3ccccc3-4)c2c1. The molecule has 8 aromatic carbocycles. The first-order valence-electron chi connectivity index (χ1n) is 20.6. The van der Waals surface area contributed by atoms with E-state index < -0.39 is 0 Å². The largest absolute Gasteiger partial charge is 0.309 e. The third kappa shape index (κ3) is 4.83. The lowest BCUT2D eigenvalue weighted by atomic mass is 9.68. The second-order valence-corrected chi connectivity index (χ2v) is 18.9. The molecule has 0 spiro atoms. The highest BCUT2D eigenvalue weighted by Gasteiger charge is 2.37. The first-order chi connectivity index (χ1) is 28.6. The quantitative estimate of drug-likeness (QED) is 0.175. The van der Waals surface area contributed by atoms with E-state index in [0.29, 0.717) is 0 Å². The van der Waals surface area contributed by atoms with Gasteiger partial charge in [0.2, 0.25) is 0 Å². The Kier molecular flexibility index (Phi) is 7.02. The fourth-order valence-corrected chi connectivity index (χ4v) is 11.7. The zero-order valence-corrected chi connectivity index (χ0v) is 34.6. The van der Waals surface area contributed by atoms with Gasteiger partial charge in [0, 0.05) is 58.6 Å². The highest BCUT2D eigenvalue weighted by atomic mass is 32.1. The number of hydrogen-bond donors (Lipinski definition) is 0. The van der Waals surface area contributed by atoms with E-state index in [1.165, 1.54) is 86.6 Å². The summed E-state index contributed by atoms with van der Waals surface area (Å²) in [6.07, 6.45) is 0. The van der Waals surface area contributed by atoms with Gasteiger partial charge in [-0.2, -0.15) is 0 Å². The Balaban J connectivity index is 0.954. The minimum Gasteiger partial charge on any atom is -0.309 e. The summed E-state index contributed by atoms with van der Waals surface area (Å²) in [7, 11) is 0. The lowest BCUT2D eigenvalue weighted by Crippen LogP contribution is -2.30. The monoisotopic (exact) mass is 775 g/mol. The minimum absolute atomic E-state index is 0.0775. The Hall–Kier alpha value is -6.55. The smallest absolute Gasteiger partial charge is 0.193 e. The van der Waals surface area contributed by atoms with Crippen LogP contribution in [0.2, 0.25) is 0 Å². The Labute approximate surface area is 348 Å². The zero-order chi connectivity index (χ0) is 39.9. The molecule has 2 aliphatic rings. The molecule has 2 aromatic heterocycles. The van der Waals surface area contributed by atoms with Gasteiger partial charge in [-0.15, -0.1) is 11.3 Å². The van der Waals surface area contributed by atoms with Crippen LogP contribution in [0, 0.1) is 6.92 Å². The molecule has 0 saturated heterocycles. The van der Waals surface area contributed by atoms with E-state index in [1.807, 2.05) is 29.5 Å². The number of fused-ring (bicyclic) bond motifs is 11. The van der Waals surface area contributed by atoms with Crippen molar-refractivity contribution in [1.29, 1.82) is 0 Å². The van der Waals surface area contributed by atoms with Crippen LogP contribution in [0.3, 0.4) is 0 Å². The standard InChI is InChI=1S/C56H41NOS/c1-32-14-20-40-41-21-15-35(29-51(41)57(50(40)26-32)37-19-23-39-38-10-6-8-12-46(38)56(4,5)49(39)31-37)36-16-22-42-44-27-34(18-25-52(44)59-53(42)30-36)33-17-24-48-45(28-33)54(58)43-11-7-9-13-47(43)55(48,2)3/h6-31H,1-5H3. The summed E-state index contributed by atoms with van der Waals surface area (Å²) in [4.78, 5) is 13.8. The van der Waals surface area contributed by atoms with Crippen molar-refractivity contribution in [2.45, 2.75) is 45.4 Å². The molecule has 0 amide bonds. The molecule has 3 heteroatoms.